The quantitative estimate of drug-likeness (QED) is 0.127. The number of aromatic nitrogens is 1. The van der Waals surface area contributed by atoms with E-state index in [4.69, 9.17) is 0 Å². The summed E-state index contributed by atoms with van der Waals surface area (Å²) in [6.07, 6.45) is 0.536. The second kappa shape index (κ2) is 6.84. The summed E-state index contributed by atoms with van der Waals surface area (Å²) in [4.78, 5) is 26.2. The molecule has 0 aliphatic heterocycles. The third-order valence-corrected chi connectivity index (χ3v) is 6.50. The van der Waals surface area contributed by atoms with E-state index in [1.54, 1.807) is 12.1 Å². The molecule has 0 aliphatic carbocycles. The summed E-state index contributed by atoms with van der Waals surface area (Å²) >= 11 is 0. The van der Waals surface area contributed by atoms with Crippen molar-refractivity contribution in [3.05, 3.63) is 85.2 Å². The highest BCUT2D eigenvalue weighted by molar-refractivity contribution is 6.22. The Labute approximate surface area is 191 Å². The highest BCUT2D eigenvalue weighted by atomic mass is 19.2. The summed E-state index contributed by atoms with van der Waals surface area (Å²) in [6.45, 7) is 3.89. The van der Waals surface area contributed by atoms with Crippen molar-refractivity contribution in [3.63, 3.8) is 0 Å². The van der Waals surface area contributed by atoms with Gasteiger partial charge in [0.1, 0.15) is 0 Å². The van der Waals surface area contributed by atoms with Gasteiger partial charge in [-0.05, 0) is 30.0 Å². The fraction of sp³-hybridized carbons (Fsp3) is 0.154. The van der Waals surface area contributed by atoms with E-state index in [0.717, 1.165) is 16.5 Å². The zero-order valence-electron chi connectivity index (χ0n) is 18.1. The van der Waals surface area contributed by atoms with Crippen LogP contribution in [0.3, 0.4) is 0 Å². The molecule has 0 spiro atoms. The Morgan fingerprint density at radius 3 is 1.49 bits per heavy atom. The average Bonchev–Trinajstić information content (AvgIpc) is 2.79. The lowest BCUT2D eigenvalue weighted by molar-refractivity contribution is 0.442. The molecule has 6 aromatic rings. The first kappa shape index (κ1) is 21.6. The van der Waals surface area contributed by atoms with Crippen molar-refractivity contribution in [1.82, 2.24) is 4.40 Å². The molecule has 0 saturated carbocycles. The molecular formula is C26H13F6NO2. The van der Waals surface area contributed by atoms with Gasteiger partial charge >= 0.3 is 0 Å². The largest absolute Gasteiger partial charge is 0.307 e. The van der Waals surface area contributed by atoms with Crippen LogP contribution in [0.2, 0.25) is 0 Å². The van der Waals surface area contributed by atoms with Crippen molar-refractivity contribution in [1.29, 1.82) is 0 Å². The predicted molar refractivity (Wildman–Crippen MR) is 121 cm³/mol. The monoisotopic (exact) mass is 485 g/mol. The van der Waals surface area contributed by atoms with E-state index in [-0.39, 0.29) is 33.2 Å². The maximum absolute atomic E-state index is 15.2. The summed E-state index contributed by atoms with van der Waals surface area (Å²) in [5.41, 5.74) is -1.31. The molecule has 0 saturated heterocycles. The van der Waals surface area contributed by atoms with Crippen molar-refractivity contribution in [3.8, 4) is 0 Å². The Balaban J connectivity index is 2.04. The molecule has 35 heavy (non-hydrogen) atoms. The Hall–Kier alpha value is -3.88. The van der Waals surface area contributed by atoms with Crippen LogP contribution >= 0.6 is 0 Å². The van der Waals surface area contributed by atoms with E-state index in [1.807, 2.05) is 13.8 Å². The minimum atomic E-state index is -2.10. The van der Waals surface area contributed by atoms with E-state index < -0.39 is 67.3 Å². The van der Waals surface area contributed by atoms with Crippen LogP contribution in [0.25, 0.3) is 48.9 Å². The SMILES string of the molecule is CC(C)Cc1cc2c(=O)cc3c4c(F)c(F)c(F)c5c(F)c(F)c(F)c(c54)c4cc(=O)c(c1)c2n34. The first-order chi connectivity index (χ1) is 16.5. The molecule has 6 rings (SSSR count). The number of pyridine rings is 3. The van der Waals surface area contributed by atoms with Crippen molar-refractivity contribution in [2.45, 2.75) is 20.3 Å². The minimum Gasteiger partial charge on any atom is -0.307 e. The van der Waals surface area contributed by atoms with Crippen LogP contribution in [0.4, 0.5) is 26.3 Å². The van der Waals surface area contributed by atoms with Crippen LogP contribution in [0.1, 0.15) is 19.4 Å². The average molecular weight is 485 g/mol. The number of halogens is 6. The van der Waals surface area contributed by atoms with Crippen molar-refractivity contribution >= 4 is 48.9 Å². The molecule has 0 N–H and O–H groups in total. The molecule has 0 radical (unpaired) electrons. The van der Waals surface area contributed by atoms with Gasteiger partial charge in [-0.2, -0.15) is 0 Å². The fourth-order valence-electron chi connectivity index (χ4n) is 5.19. The zero-order chi connectivity index (χ0) is 25.1. The van der Waals surface area contributed by atoms with Gasteiger partial charge in [-0.1, -0.05) is 13.8 Å². The van der Waals surface area contributed by atoms with E-state index in [9.17, 15) is 27.2 Å². The number of hydrogen-bond donors (Lipinski definition) is 0. The fourth-order valence-corrected chi connectivity index (χ4v) is 5.19. The van der Waals surface area contributed by atoms with Gasteiger partial charge in [-0.3, -0.25) is 9.59 Å². The molecule has 0 unspecified atom stereocenters. The first-order valence-electron chi connectivity index (χ1n) is 10.7. The Morgan fingerprint density at radius 2 is 1.06 bits per heavy atom. The molecule has 176 valence electrons. The van der Waals surface area contributed by atoms with E-state index >= 15 is 8.78 Å². The lowest BCUT2D eigenvalue weighted by Gasteiger charge is -2.20. The molecule has 0 atom stereocenters. The summed E-state index contributed by atoms with van der Waals surface area (Å²) in [5, 5.41) is -3.57. The highest BCUT2D eigenvalue weighted by Crippen LogP contribution is 2.42. The summed E-state index contributed by atoms with van der Waals surface area (Å²) < 4.78 is 89.8. The standard InChI is InChI=1S/C26H13F6NO2/c1-8(2)3-9-4-10-14(34)6-12-16-18-17(13-7-15(35)11(5-9)26(10)33(12)13)21(28)25(32)23(30)19(18)22(29)24(31)20(16)27/h4-8H,3H2,1-2H3. The number of nitrogens with zero attached hydrogens (tertiary/aromatic N) is 1. The van der Waals surface area contributed by atoms with Gasteiger partial charge in [0.2, 0.25) is 0 Å². The zero-order valence-corrected chi connectivity index (χ0v) is 18.1. The molecule has 3 aromatic carbocycles. The molecule has 0 bridgehead atoms. The van der Waals surface area contributed by atoms with Crippen LogP contribution in [0.5, 0.6) is 0 Å². The van der Waals surface area contributed by atoms with Crippen molar-refractivity contribution in [2.75, 3.05) is 0 Å². The topological polar surface area (TPSA) is 38.5 Å². The third kappa shape index (κ3) is 2.58. The number of hydrogen-bond acceptors (Lipinski definition) is 2. The second-order valence-corrected chi connectivity index (χ2v) is 9.14. The molecule has 0 fully saturated rings. The molecule has 0 aliphatic rings. The van der Waals surface area contributed by atoms with Gasteiger partial charge in [0.25, 0.3) is 0 Å². The predicted octanol–water partition coefficient (Wildman–Crippen LogP) is 6.18. The van der Waals surface area contributed by atoms with Gasteiger partial charge in [-0.15, -0.1) is 0 Å². The van der Waals surface area contributed by atoms with Crippen LogP contribution in [0.15, 0.2) is 33.9 Å². The maximum Gasteiger partial charge on any atom is 0.195 e. The Bertz CT molecular complexity index is 1880. The summed E-state index contributed by atoms with van der Waals surface area (Å²) in [7, 11) is 0. The van der Waals surface area contributed by atoms with Crippen LogP contribution < -0.4 is 10.9 Å². The second-order valence-electron chi connectivity index (χ2n) is 9.14. The lowest BCUT2D eigenvalue weighted by atomic mass is 9.94. The highest BCUT2D eigenvalue weighted by Gasteiger charge is 2.31. The Kier molecular flexibility index (Phi) is 4.23. The van der Waals surface area contributed by atoms with Crippen molar-refractivity contribution in [2.24, 2.45) is 5.92 Å². The molecule has 3 nitrogen and oxygen atoms in total. The molecule has 3 heterocycles. The van der Waals surface area contributed by atoms with E-state index in [2.05, 4.69) is 0 Å². The normalized spacial score (nSPS) is 12.6. The maximum atomic E-state index is 15.2. The third-order valence-electron chi connectivity index (χ3n) is 6.50. The molecule has 3 aromatic heterocycles. The van der Waals surface area contributed by atoms with Gasteiger partial charge in [0.15, 0.2) is 45.8 Å². The molecule has 0 amide bonds. The van der Waals surface area contributed by atoms with Crippen molar-refractivity contribution < 1.29 is 26.3 Å². The van der Waals surface area contributed by atoms with E-state index in [1.165, 1.54) is 0 Å². The van der Waals surface area contributed by atoms with Crippen LogP contribution in [-0.2, 0) is 6.42 Å². The van der Waals surface area contributed by atoms with Crippen LogP contribution in [-0.4, -0.2) is 4.40 Å². The summed E-state index contributed by atoms with van der Waals surface area (Å²) in [6, 6.07) is 4.98. The molecular weight excluding hydrogens is 472 g/mol. The van der Waals surface area contributed by atoms with Crippen LogP contribution in [0, 0.1) is 40.8 Å². The van der Waals surface area contributed by atoms with Gasteiger partial charge in [0.05, 0.1) is 21.9 Å². The summed E-state index contributed by atoms with van der Waals surface area (Å²) in [5.74, 6) is -11.7. The van der Waals surface area contributed by atoms with Gasteiger partial charge in [0, 0.05) is 39.1 Å². The first-order valence-corrected chi connectivity index (χ1v) is 10.7. The number of benzene rings is 3. The molecule has 9 heteroatoms. The number of rotatable bonds is 2. The van der Waals surface area contributed by atoms with E-state index in [0.29, 0.717) is 12.0 Å². The lowest BCUT2D eigenvalue weighted by Crippen LogP contribution is -2.15. The Morgan fingerprint density at radius 1 is 0.629 bits per heavy atom. The number of fused-ring (bicyclic) bond motifs is 2. The van der Waals surface area contributed by atoms with Gasteiger partial charge in [-0.25, -0.2) is 26.3 Å². The minimum absolute atomic E-state index is 0.00503. The van der Waals surface area contributed by atoms with Gasteiger partial charge < -0.3 is 4.40 Å². The smallest absolute Gasteiger partial charge is 0.195 e.